The van der Waals surface area contributed by atoms with Gasteiger partial charge in [0.05, 0.1) is 36.6 Å². The van der Waals surface area contributed by atoms with Gasteiger partial charge in [-0.1, -0.05) is 12.1 Å². The molecule has 0 unspecified atom stereocenters. The Hall–Kier alpha value is -3.73. The highest BCUT2D eigenvalue weighted by atomic mass is 32.2. The Balaban J connectivity index is 1.64. The van der Waals surface area contributed by atoms with E-state index in [4.69, 9.17) is 14.2 Å². The van der Waals surface area contributed by atoms with Gasteiger partial charge < -0.3 is 19.3 Å². The maximum absolute atomic E-state index is 14.0. The minimum atomic E-state index is -3.07. The zero-order valence-electron chi connectivity index (χ0n) is 21.1. The Kier molecular flexibility index (Phi) is 8.22. The average Bonchev–Trinajstić information content (AvgIpc) is 2.92. The van der Waals surface area contributed by atoms with E-state index in [-0.39, 0.29) is 12.6 Å². The van der Waals surface area contributed by atoms with Crippen molar-refractivity contribution in [1.82, 2.24) is 14.7 Å². The van der Waals surface area contributed by atoms with Crippen LogP contribution in [0.25, 0.3) is 10.9 Å². The Labute approximate surface area is 216 Å². The summed E-state index contributed by atoms with van der Waals surface area (Å²) >= 11 is 0. The number of benzene rings is 2. The summed E-state index contributed by atoms with van der Waals surface area (Å²) in [5.74, 6) is 2.28. The van der Waals surface area contributed by atoms with E-state index in [9.17, 15) is 9.32 Å². The maximum Gasteiger partial charge on any atom is 0.240 e. The number of rotatable bonds is 10. The van der Waals surface area contributed by atoms with Gasteiger partial charge in [0.1, 0.15) is 32.7 Å². The normalized spacial score (nSPS) is 14.4. The molecule has 10 heteroatoms. The lowest BCUT2D eigenvalue weighted by molar-refractivity contribution is 0.199. The number of nitrogens with one attached hydrogen (secondary N) is 1. The largest absolute Gasteiger partial charge is 0.497 e. The molecule has 0 aliphatic rings. The number of ether oxygens (including phenoxy) is 3. The number of hydrogen-bond acceptors (Lipinski definition) is 8. The van der Waals surface area contributed by atoms with Crippen LogP contribution in [0.5, 0.6) is 23.1 Å². The van der Waals surface area contributed by atoms with E-state index in [0.29, 0.717) is 27.8 Å². The molecule has 2 heterocycles. The van der Waals surface area contributed by atoms with Crippen LogP contribution < -0.4 is 18.9 Å². The molecule has 0 aliphatic carbocycles. The fraction of sp³-hybridized carbons (Fsp3) is 0.259. The number of aliphatic hydroxyl groups is 1. The summed E-state index contributed by atoms with van der Waals surface area (Å²) in [5.41, 5.74) is 1.48. The molecule has 0 aliphatic heterocycles. The Morgan fingerprint density at radius 2 is 1.59 bits per heavy atom. The number of aromatic nitrogens is 2. The number of hydrogen-bond donors (Lipinski definition) is 2. The number of aliphatic hydroxyl groups excluding tert-OH is 1. The van der Waals surface area contributed by atoms with E-state index in [1.165, 1.54) is 0 Å². The molecule has 4 aromatic rings. The topological polar surface area (TPSA) is 115 Å². The molecule has 2 aromatic carbocycles. The third kappa shape index (κ3) is 6.16. The molecule has 2 aromatic heterocycles. The molecular weight excluding hydrogens is 492 g/mol. The van der Waals surface area contributed by atoms with Gasteiger partial charge in [0, 0.05) is 18.9 Å². The smallest absolute Gasteiger partial charge is 0.240 e. The lowest BCUT2D eigenvalue weighted by Gasteiger charge is -2.17. The average molecular weight is 523 g/mol. The highest BCUT2D eigenvalue weighted by Crippen LogP contribution is 2.32. The van der Waals surface area contributed by atoms with E-state index in [1.807, 2.05) is 31.2 Å². The molecular formula is C27H30N4O5S. The molecule has 2 N–H and O–H groups in total. The number of methoxy groups -OCH3 is 2. The number of pyridine rings is 2. The zero-order valence-corrected chi connectivity index (χ0v) is 21.9. The van der Waals surface area contributed by atoms with Crippen molar-refractivity contribution in [3.8, 4) is 23.1 Å². The summed E-state index contributed by atoms with van der Waals surface area (Å²) in [6.07, 6.45) is 2.57. The fourth-order valence-corrected chi connectivity index (χ4v) is 5.57. The molecule has 4 rings (SSSR count). The van der Waals surface area contributed by atoms with Crippen LogP contribution in [0, 0.1) is 0 Å². The van der Waals surface area contributed by atoms with Crippen molar-refractivity contribution in [3.63, 3.8) is 0 Å². The zero-order chi connectivity index (χ0) is 26.4. The summed E-state index contributed by atoms with van der Waals surface area (Å²) in [7, 11) is 0.0806. The van der Waals surface area contributed by atoms with Crippen LogP contribution in [0.4, 0.5) is 0 Å². The van der Waals surface area contributed by atoms with Crippen molar-refractivity contribution >= 4 is 20.8 Å². The lowest BCUT2D eigenvalue weighted by Crippen LogP contribution is -2.31. The third-order valence-electron chi connectivity index (χ3n) is 5.63. The first-order valence-corrected chi connectivity index (χ1v) is 13.2. The summed E-state index contributed by atoms with van der Waals surface area (Å²) in [5, 5.41) is 10.6. The SMILES string of the molecule is COc1ccc([C@@H](C)N=[S@@](=O)(NC[C@@H](C)O)c2ccc(Oc3ccnc4c(OC)nccc34)cc2)cc1. The van der Waals surface area contributed by atoms with Gasteiger partial charge in [-0.3, -0.25) is 4.98 Å². The summed E-state index contributed by atoms with van der Waals surface area (Å²) in [6, 6.07) is 17.5. The minimum Gasteiger partial charge on any atom is -0.497 e. The molecule has 37 heavy (non-hydrogen) atoms. The van der Waals surface area contributed by atoms with Crippen LogP contribution in [-0.4, -0.2) is 46.2 Å². The Bertz CT molecular complexity index is 1470. The first-order valence-electron chi connectivity index (χ1n) is 11.7. The molecule has 9 nitrogen and oxygen atoms in total. The molecule has 0 spiro atoms. The van der Waals surface area contributed by atoms with E-state index >= 15 is 0 Å². The quantitative estimate of drug-likeness (QED) is 0.304. The van der Waals surface area contributed by atoms with Gasteiger partial charge in [-0.2, -0.15) is 0 Å². The summed E-state index contributed by atoms with van der Waals surface area (Å²) in [4.78, 5) is 9.00. The Morgan fingerprint density at radius 3 is 2.24 bits per heavy atom. The van der Waals surface area contributed by atoms with Crippen molar-refractivity contribution in [3.05, 3.63) is 78.6 Å². The predicted octanol–water partition coefficient (Wildman–Crippen LogP) is 4.91. The molecule has 0 saturated carbocycles. The van der Waals surface area contributed by atoms with Crippen molar-refractivity contribution in [2.24, 2.45) is 4.36 Å². The summed E-state index contributed by atoms with van der Waals surface area (Å²) < 4.78 is 38.3. The molecule has 0 radical (unpaired) electrons. The molecule has 0 saturated heterocycles. The maximum atomic E-state index is 14.0. The Morgan fingerprint density at radius 1 is 0.919 bits per heavy atom. The van der Waals surface area contributed by atoms with Gasteiger partial charge in [0.25, 0.3) is 0 Å². The van der Waals surface area contributed by atoms with Crippen molar-refractivity contribution in [1.29, 1.82) is 0 Å². The molecule has 194 valence electrons. The van der Waals surface area contributed by atoms with Gasteiger partial charge in [0.15, 0.2) is 0 Å². The van der Waals surface area contributed by atoms with Crippen LogP contribution in [0.3, 0.4) is 0 Å². The van der Waals surface area contributed by atoms with Gasteiger partial charge in [-0.05, 0) is 67.9 Å². The molecule has 0 fully saturated rings. The summed E-state index contributed by atoms with van der Waals surface area (Å²) in [6.45, 7) is 3.62. The number of fused-ring (bicyclic) bond motifs is 1. The van der Waals surface area contributed by atoms with Crippen LogP contribution >= 0.6 is 0 Å². The van der Waals surface area contributed by atoms with E-state index < -0.39 is 16.0 Å². The molecule has 3 atom stereocenters. The highest BCUT2D eigenvalue weighted by Gasteiger charge is 2.17. The highest BCUT2D eigenvalue weighted by molar-refractivity contribution is 7.91. The molecule has 0 bridgehead atoms. The van der Waals surface area contributed by atoms with Crippen LogP contribution in [0.2, 0.25) is 0 Å². The predicted molar refractivity (Wildman–Crippen MR) is 143 cm³/mol. The van der Waals surface area contributed by atoms with Crippen molar-refractivity contribution in [2.75, 3.05) is 20.8 Å². The molecule has 0 amide bonds. The first-order chi connectivity index (χ1) is 17.8. The second-order valence-electron chi connectivity index (χ2n) is 8.38. The van der Waals surface area contributed by atoms with Gasteiger partial charge >= 0.3 is 0 Å². The fourth-order valence-electron chi connectivity index (χ4n) is 3.67. The van der Waals surface area contributed by atoms with Crippen molar-refractivity contribution < 1.29 is 23.5 Å². The van der Waals surface area contributed by atoms with Crippen LogP contribution in [-0.2, 0) is 9.92 Å². The minimum absolute atomic E-state index is 0.120. The standard InChI is InChI=1S/C27H30N4O5S/c1-18(32)17-30-37(33,31-19(2)20-5-7-21(34-3)8-6-20)23-11-9-22(10-12-23)36-25-14-16-28-26-24(25)13-15-29-27(26)35-4/h5-16,18-19,32H,17H2,1-4H3,(H,30,31,33)/t18-,19-,37+/m1/s1. The van der Waals surface area contributed by atoms with Gasteiger partial charge in [-0.15, -0.1) is 0 Å². The second-order valence-corrected chi connectivity index (χ2v) is 10.4. The van der Waals surface area contributed by atoms with Crippen molar-refractivity contribution in [2.45, 2.75) is 30.9 Å². The van der Waals surface area contributed by atoms with E-state index in [1.54, 1.807) is 69.9 Å². The van der Waals surface area contributed by atoms with Gasteiger partial charge in [-0.25, -0.2) is 18.3 Å². The van der Waals surface area contributed by atoms with E-state index in [0.717, 1.165) is 16.7 Å². The van der Waals surface area contributed by atoms with E-state index in [2.05, 4.69) is 19.1 Å². The first kappa shape index (κ1) is 26.3. The number of nitrogens with zero attached hydrogens (tertiary/aromatic N) is 3. The third-order valence-corrected chi connectivity index (χ3v) is 7.71. The van der Waals surface area contributed by atoms with Crippen LogP contribution in [0.15, 0.2) is 82.3 Å². The monoisotopic (exact) mass is 522 g/mol. The van der Waals surface area contributed by atoms with Crippen LogP contribution in [0.1, 0.15) is 25.5 Å². The lowest BCUT2D eigenvalue weighted by atomic mass is 10.1. The second kappa shape index (κ2) is 11.5. The van der Waals surface area contributed by atoms with Gasteiger partial charge in [0.2, 0.25) is 5.88 Å².